The van der Waals surface area contributed by atoms with Gasteiger partial charge in [0.2, 0.25) is 10.0 Å². The highest BCUT2D eigenvalue weighted by atomic mass is 32.2. The molecular formula is C18H28N4O6S. The molecule has 1 aromatic carbocycles. The number of hydrogen-bond donors (Lipinski definition) is 1. The molecule has 1 amide bonds. The van der Waals surface area contributed by atoms with Crippen LogP contribution in [0.3, 0.4) is 0 Å². The summed E-state index contributed by atoms with van der Waals surface area (Å²) in [6.07, 6.45) is -0.348. The first kappa shape index (κ1) is 23.0. The second-order valence-corrected chi connectivity index (χ2v) is 9.65. The molecule has 1 fully saturated rings. The van der Waals surface area contributed by atoms with Crippen LogP contribution in [0.4, 0.5) is 10.5 Å². The third kappa shape index (κ3) is 6.65. The minimum atomic E-state index is -3.86. The third-order valence-electron chi connectivity index (χ3n) is 4.42. The van der Waals surface area contributed by atoms with Gasteiger partial charge in [0.25, 0.3) is 5.69 Å². The van der Waals surface area contributed by atoms with Gasteiger partial charge in [-0.1, -0.05) is 6.07 Å². The summed E-state index contributed by atoms with van der Waals surface area (Å²) in [7, 11) is -3.86. The molecule has 0 radical (unpaired) electrons. The number of piperazine rings is 1. The summed E-state index contributed by atoms with van der Waals surface area (Å²) in [5, 5.41) is 10.9. The summed E-state index contributed by atoms with van der Waals surface area (Å²) in [6, 6.07) is 3.76. The Kier molecular flexibility index (Phi) is 7.20. The molecule has 0 atom stereocenters. The normalized spacial score (nSPS) is 15.9. The van der Waals surface area contributed by atoms with Crippen LogP contribution in [-0.4, -0.2) is 74.1 Å². The van der Waals surface area contributed by atoms with E-state index in [9.17, 15) is 23.3 Å². The molecule has 0 aliphatic carbocycles. The second-order valence-electron chi connectivity index (χ2n) is 7.91. The van der Waals surface area contributed by atoms with Gasteiger partial charge < -0.3 is 9.64 Å². The van der Waals surface area contributed by atoms with Crippen molar-refractivity contribution in [1.29, 1.82) is 0 Å². The van der Waals surface area contributed by atoms with E-state index in [2.05, 4.69) is 4.72 Å². The van der Waals surface area contributed by atoms with E-state index < -0.39 is 20.5 Å². The molecule has 0 saturated carbocycles. The van der Waals surface area contributed by atoms with Crippen LogP contribution in [0.25, 0.3) is 0 Å². The molecule has 1 heterocycles. The van der Waals surface area contributed by atoms with Crippen molar-refractivity contribution in [2.75, 3.05) is 39.3 Å². The number of carbonyl (C=O) groups excluding carboxylic acids is 1. The van der Waals surface area contributed by atoms with Crippen LogP contribution in [0.15, 0.2) is 23.1 Å². The number of aryl methyl sites for hydroxylation is 1. The lowest BCUT2D eigenvalue weighted by atomic mass is 10.2. The lowest BCUT2D eigenvalue weighted by molar-refractivity contribution is -0.385. The predicted molar refractivity (Wildman–Crippen MR) is 107 cm³/mol. The monoisotopic (exact) mass is 428 g/mol. The van der Waals surface area contributed by atoms with E-state index in [0.717, 1.165) is 6.07 Å². The number of hydrogen-bond acceptors (Lipinski definition) is 7. The van der Waals surface area contributed by atoms with E-state index in [4.69, 9.17) is 4.74 Å². The van der Waals surface area contributed by atoms with Crippen molar-refractivity contribution < 1.29 is 22.9 Å². The number of ether oxygens (including phenoxy) is 1. The minimum Gasteiger partial charge on any atom is -0.444 e. The summed E-state index contributed by atoms with van der Waals surface area (Å²) >= 11 is 0. The van der Waals surface area contributed by atoms with Crippen LogP contribution in [0.5, 0.6) is 0 Å². The van der Waals surface area contributed by atoms with E-state index in [1.807, 2.05) is 25.7 Å². The SMILES string of the molecule is Cc1ccc([N+](=O)[O-])cc1S(=O)(=O)NCCN1CCN(C(=O)OC(C)(C)C)CC1. The summed E-state index contributed by atoms with van der Waals surface area (Å²) in [6.45, 7) is 9.90. The maximum Gasteiger partial charge on any atom is 0.410 e. The molecule has 1 aromatic rings. The number of nitrogens with one attached hydrogen (secondary N) is 1. The number of nitro benzene ring substituents is 1. The van der Waals surface area contributed by atoms with Crippen LogP contribution < -0.4 is 4.72 Å². The van der Waals surface area contributed by atoms with Crippen LogP contribution >= 0.6 is 0 Å². The molecule has 1 aliphatic heterocycles. The number of sulfonamides is 1. The van der Waals surface area contributed by atoms with Crippen molar-refractivity contribution in [3.8, 4) is 0 Å². The van der Waals surface area contributed by atoms with Gasteiger partial charge in [0, 0.05) is 51.4 Å². The molecule has 0 bridgehead atoms. The summed E-state index contributed by atoms with van der Waals surface area (Å²) in [4.78, 5) is 25.9. The molecular weight excluding hydrogens is 400 g/mol. The van der Waals surface area contributed by atoms with Gasteiger partial charge in [-0.05, 0) is 33.3 Å². The Labute approximate surface area is 171 Å². The number of carbonyl (C=O) groups is 1. The quantitative estimate of drug-likeness (QED) is 0.541. The van der Waals surface area contributed by atoms with Gasteiger partial charge in [-0.25, -0.2) is 17.9 Å². The molecule has 1 saturated heterocycles. The van der Waals surface area contributed by atoms with Gasteiger partial charge in [0.05, 0.1) is 9.82 Å². The first-order valence-electron chi connectivity index (χ1n) is 9.34. The second kappa shape index (κ2) is 9.06. The lowest BCUT2D eigenvalue weighted by Gasteiger charge is -2.35. The van der Waals surface area contributed by atoms with E-state index >= 15 is 0 Å². The first-order chi connectivity index (χ1) is 13.4. The lowest BCUT2D eigenvalue weighted by Crippen LogP contribution is -2.51. The molecule has 0 aromatic heterocycles. The number of rotatable bonds is 6. The molecule has 2 rings (SSSR count). The number of nitro groups is 1. The number of amides is 1. The highest BCUT2D eigenvalue weighted by Gasteiger charge is 2.26. The zero-order chi connectivity index (χ0) is 21.8. The number of benzene rings is 1. The van der Waals surface area contributed by atoms with Crippen LogP contribution in [0.2, 0.25) is 0 Å². The third-order valence-corrected chi connectivity index (χ3v) is 6.02. The fraction of sp³-hybridized carbons (Fsp3) is 0.611. The van der Waals surface area contributed by atoms with Crippen molar-refractivity contribution in [3.63, 3.8) is 0 Å². The zero-order valence-corrected chi connectivity index (χ0v) is 18.0. The summed E-state index contributed by atoms with van der Waals surface area (Å²) in [5.41, 5.74) is -0.375. The molecule has 1 aliphatic rings. The smallest absolute Gasteiger partial charge is 0.410 e. The molecule has 29 heavy (non-hydrogen) atoms. The fourth-order valence-corrected chi connectivity index (χ4v) is 4.17. The van der Waals surface area contributed by atoms with Crippen LogP contribution in [0.1, 0.15) is 26.3 Å². The van der Waals surface area contributed by atoms with Crippen molar-refractivity contribution in [1.82, 2.24) is 14.5 Å². The Morgan fingerprint density at radius 2 is 1.86 bits per heavy atom. The molecule has 11 heteroatoms. The number of nitrogens with zero attached hydrogens (tertiary/aromatic N) is 3. The van der Waals surface area contributed by atoms with E-state index in [-0.39, 0.29) is 23.2 Å². The Hall–Kier alpha value is -2.24. The predicted octanol–water partition coefficient (Wildman–Crippen LogP) is 1.73. The van der Waals surface area contributed by atoms with Crippen molar-refractivity contribution in [3.05, 3.63) is 33.9 Å². The van der Waals surface area contributed by atoms with Gasteiger partial charge >= 0.3 is 6.09 Å². The van der Waals surface area contributed by atoms with Gasteiger partial charge in [-0.3, -0.25) is 15.0 Å². The Bertz CT molecular complexity index is 858. The highest BCUT2D eigenvalue weighted by Crippen LogP contribution is 2.21. The average Bonchev–Trinajstić information content (AvgIpc) is 2.60. The van der Waals surface area contributed by atoms with Gasteiger partial charge in [0.1, 0.15) is 5.60 Å². The summed E-state index contributed by atoms with van der Waals surface area (Å²) < 4.78 is 32.9. The molecule has 0 unspecified atom stereocenters. The highest BCUT2D eigenvalue weighted by molar-refractivity contribution is 7.89. The largest absolute Gasteiger partial charge is 0.444 e. The maximum absolute atomic E-state index is 12.5. The van der Waals surface area contributed by atoms with Crippen molar-refractivity contribution >= 4 is 21.8 Å². The Balaban J connectivity index is 1.86. The van der Waals surface area contributed by atoms with Crippen LogP contribution in [0, 0.1) is 17.0 Å². The van der Waals surface area contributed by atoms with E-state index in [1.54, 1.807) is 11.8 Å². The zero-order valence-electron chi connectivity index (χ0n) is 17.2. The molecule has 1 N–H and O–H groups in total. The van der Waals surface area contributed by atoms with Crippen LogP contribution in [-0.2, 0) is 14.8 Å². The van der Waals surface area contributed by atoms with Gasteiger partial charge in [-0.15, -0.1) is 0 Å². The van der Waals surface area contributed by atoms with Gasteiger partial charge in [0.15, 0.2) is 0 Å². The standard InChI is InChI=1S/C18H28N4O6S/c1-14-5-6-15(22(24)25)13-16(14)29(26,27)19-7-8-20-9-11-21(12-10-20)17(23)28-18(2,3)4/h5-6,13,19H,7-12H2,1-4H3. The summed E-state index contributed by atoms with van der Waals surface area (Å²) in [5.74, 6) is 0. The van der Waals surface area contributed by atoms with E-state index in [1.165, 1.54) is 12.1 Å². The molecule has 0 spiro atoms. The molecule has 162 valence electrons. The first-order valence-corrected chi connectivity index (χ1v) is 10.8. The van der Waals surface area contributed by atoms with Crippen molar-refractivity contribution in [2.45, 2.75) is 38.2 Å². The minimum absolute atomic E-state index is 0.0959. The van der Waals surface area contributed by atoms with Crippen molar-refractivity contribution in [2.24, 2.45) is 0 Å². The Morgan fingerprint density at radius 3 is 2.41 bits per heavy atom. The van der Waals surface area contributed by atoms with E-state index in [0.29, 0.717) is 38.3 Å². The Morgan fingerprint density at radius 1 is 1.24 bits per heavy atom. The maximum atomic E-state index is 12.5. The average molecular weight is 429 g/mol. The number of non-ortho nitro benzene ring substituents is 1. The molecule has 10 nitrogen and oxygen atoms in total. The topological polar surface area (TPSA) is 122 Å². The fourth-order valence-electron chi connectivity index (χ4n) is 2.89. The van der Waals surface area contributed by atoms with Gasteiger partial charge in [-0.2, -0.15) is 0 Å².